The molecule has 30 heavy (non-hydrogen) atoms. The van der Waals surface area contributed by atoms with Crippen molar-refractivity contribution in [3.05, 3.63) is 35.6 Å². The van der Waals surface area contributed by atoms with Crippen LogP contribution in [0.4, 0.5) is 4.39 Å². The molecule has 2 heterocycles. The summed E-state index contributed by atoms with van der Waals surface area (Å²) in [4.78, 5) is 29.6. The first kappa shape index (κ1) is 20.0. The van der Waals surface area contributed by atoms with Gasteiger partial charge in [0, 0.05) is 31.5 Å². The second-order valence-corrected chi connectivity index (χ2v) is 9.58. The molecule has 6 heteroatoms. The molecule has 4 atom stereocenters. The van der Waals surface area contributed by atoms with Crippen LogP contribution >= 0.6 is 0 Å². The number of amides is 2. The zero-order chi connectivity index (χ0) is 20.7. The zero-order valence-corrected chi connectivity index (χ0v) is 17.5. The molecule has 1 aromatic carbocycles. The van der Waals surface area contributed by atoms with Gasteiger partial charge in [0.15, 0.2) is 0 Å². The van der Waals surface area contributed by atoms with Crippen LogP contribution in [0.1, 0.15) is 50.0 Å². The van der Waals surface area contributed by atoms with E-state index < -0.39 is 0 Å². The third kappa shape index (κ3) is 3.86. The van der Waals surface area contributed by atoms with Gasteiger partial charge in [0.2, 0.25) is 11.8 Å². The summed E-state index contributed by atoms with van der Waals surface area (Å²) in [7, 11) is 0. The smallest absolute Gasteiger partial charge is 0.248 e. The molecular weight excluding hydrogens is 383 g/mol. The lowest BCUT2D eigenvalue weighted by Crippen LogP contribution is -2.42. The maximum absolute atomic E-state index is 14.0. The monoisotopic (exact) mass is 414 g/mol. The van der Waals surface area contributed by atoms with Crippen molar-refractivity contribution in [2.45, 2.75) is 50.5 Å². The summed E-state index contributed by atoms with van der Waals surface area (Å²) in [5.41, 5.74) is 0.659. The Hall–Kier alpha value is -1.95. The summed E-state index contributed by atoms with van der Waals surface area (Å²) >= 11 is 0. The lowest BCUT2D eigenvalue weighted by molar-refractivity contribution is -0.138. The van der Waals surface area contributed by atoms with Crippen molar-refractivity contribution in [2.75, 3.05) is 32.8 Å². The van der Waals surface area contributed by atoms with Crippen LogP contribution in [0.2, 0.25) is 0 Å². The fourth-order valence-corrected chi connectivity index (χ4v) is 5.85. The molecule has 2 aliphatic heterocycles. The summed E-state index contributed by atoms with van der Waals surface area (Å²) < 4.78 is 19.8. The van der Waals surface area contributed by atoms with Crippen LogP contribution in [0.5, 0.6) is 0 Å². The van der Waals surface area contributed by atoms with Gasteiger partial charge in [-0.2, -0.15) is 0 Å². The molecule has 0 unspecified atom stereocenters. The zero-order valence-electron chi connectivity index (χ0n) is 17.5. The second-order valence-electron chi connectivity index (χ2n) is 9.58. The van der Waals surface area contributed by atoms with Gasteiger partial charge in [-0.3, -0.25) is 9.59 Å². The molecular formula is C24H31FN2O3. The lowest BCUT2D eigenvalue weighted by atomic mass is 10.1. The van der Waals surface area contributed by atoms with E-state index in [2.05, 4.69) is 0 Å². The number of nitrogens with zero attached hydrogens (tertiary/aromatic N) is 2. The van der Waals surface area contributed by atoms with Crippen molar-refractivity contribution in [1.82, 2.24) is 9.80 Å². The van der Waals surface area contributed by atoms with E-state index in [0.717, 1.165) is 25.9 Å². The van der Waals surface area contributed by atoms with E-state index in [1.54, 1.807) is 12.1 Å². The minimum atomic E-state index is -0.217. The fraction of sp³-hybridized carbons (Fsp3) is 0.667. The van der Waals surface area contributed by atoms with Gasteiger partial charge in [0.1, 0.15) is 12.4 Å². The Labute approximate surface area is 177 Å². The van der Waals surface area contributed by atoms with Crippen LogP contribution in [-0.2, 0) is 14.3 Å². The second kappa shape index (κ2) is 8.29. The number of hydrogen-bond acceptors (Lipinski definition) is 3. The van der Waals surface area contributed by atoms with E-state index in [-0.39, 0.29) is 42.1 Å². The maximum Gasteiger partial charge on any atom is 0.248 e. The van der Waals surface area contributed by atoms with Crippen molar-refractivity contribution in [2.24, 2.45) is 17.8 Å². The molecule has 0 bridgehead atoms. The third-order valence-electron chi connectivity index (χ3n) is 7.65. The van der Waals surface area contributed by atoms with E-state index in [1.165, 1.54) is 31.7 Å². The Morgan fingerprint density at radius 2 is 1.90 bits per heavy atom. The summed E-state index contributed by atoms with van der Waals surface area (Å²) in [5.74, 6) is 0.835. The van der Waals surface area contributed by atoms with Crippen molar-refractivity contribution in [3.63, 3.8) is 0 Å². The predicted octanol–water partition coefficient (Wildman–Crippen LogP) is 3.20. The van der Waals surface area contributed by atoms with Gasteiger partial charge in [0.05, 0.1) is 12.6 Å². The number of likely N-dealkylation sites (tertiary alicyclic amines) is 2. The van der Waals surface area contributed by atoms with Gasteiger partial charge in [-0.05, 0) is 49.1 Å². The summed E-state index contributed by atoms with van der Waals surface area (Å²) in [6.07, 6.45) is 6.66. The van der Waals surface area contributed by atoms with E-state index >= 15 is 0 Å². The van der Waals surface area contributed by atoms with Crippen LogP contribution in [0.25, 0.3) is 0 Å². The molecule has 5 nitrogen and oxygen atoms in total. The first-order valence-electron chi connectivity index (χ1n) is 11.5. The lowest BCUT2D eigenvalue weighted by Gasteiger charge is -2.25. The highest BCUT2D eigenvalue weighted by Gasteiger charge is 2.51. The van der Waals surface area contributed by atoms with E-state index in [4.69, 9.17) is 4.74 Å². The largest absolute Gasteiger partial charge is 0.371 e. The highest BCUT2D eigenvalue weighted by atomic mass is 19.1. The minimum Gasteiger partial charge on any atom is -0.371 e. The molecule has 2 aliphatic carbocycles. The Morgan fingerprint density at radius 3 is 2.70 bits per heavy atom. The van der Waals surface area contributed by atoms with Crippen LogP contribution in [0.15, 0.2) is 24.3 Å². The van der Waals surface area contributed by atoms with Crippen LogP contribution < -0.4 is 0 Å². The van der Waals surface area contributed by atoms with Crippen molar-refractivity contribution in [1.29, 1.82) is 0 Å². The molecule has 0 aromatic heterocycles. The van der Waals surface area contributed by atoms with Crippen molar-refractivity contribution < 1.29 is 18.7 Å². The van der Waals surface area contributed by atoms with Crippen LogP contribution in [0.3, 0.4) is 0 Å². The number of halogens is 1. The van der Waals surface area contributed by atoms with Crippen molar-refractivity contribution in [3.8, 4) is 0 Å². The van der Waals surface area contributed by atoms with Gasteiger partial charge < -0.3 is 14.5 Å². The fourth-order valence-electron chi connectivity index (χ4n) is 5.85. The van der Waals surface area contributed by atoms with E-state index in [1.807, 2.05) is 15.9 Å². The molecule has 4 aliphatic rings. The Bertz CT molecular complexity index is 809. The molecule has 4 fully saturated rings. The van der Waals surface area contributed by atoms with Gasteiger partial charge in [-0.15, -0.1) is 0 Å². The summed E-state index contributed by atoms with van der Waals surface area (Å²) in [6, 6.07) is 6.88. The highest BCUT2D eigenvalue weighted by molar-refractivity contribution is 5.84. The Balaban J connectivity index is 1.13. The van der Waals surface area contributed by atoms with Gasteiger partial charge >= 0.3 is 0 Å². The van der Waals surface area contributed by atoms with E-state index in [0.29, 0.717) is 30.6 Å². The topological polar surface area (TPSA) is 49.9 Å². The Kier molecular flexibility index (Phi) is 5.52. The number of hydrogen-bond donors (Lipinski definition) is 0. The number of carbonyl (C=O) groups excluding carboxylic acids is 2. The van der Waals surface area contributed by atoms with E-state index in [9.17, 15) is 14.0 Å². The van der Waals surface area contributed by atoms with Crippen LogP contribution in [-0.4, -0.2) is 60.5 Å². The van der Waals surface area contributed by atoms with Gasteiger partial charge in [-0.25, -0.2) is 4.39 Å². The molecule has 0 spiro atoms. The molecule has 162 valence electrons. The quantitative estimate of drug-likeness (QED) is 0.718. The average molecular weight is 415 g/mol. The number of rotatable bonds is 6. The summed E-state index contributed by atoms with van der Waals surface area (Å²) in [6.45, 7) is 2.95. The normalized spacial score (nSPS) is 30.7. The molecule has 5 rings (SSSR count). The van der Waals surface area contributed by atoms with Gasteiger partial charge in [-0.1, -0.05) is 31.0 Å². The number of carbonyl (C=O) groups is 2. The number of ether oxygens (including phenoxy) is 1. The minimum absolute atomic E-state index is 0.000799. The molecule has 0 radical (unpaired) electrons. The molecule has 0 N–H and O–H groups in total. The predicted molar refractivity (Wildman–Crippen MR) is 110 cm³/mol. The third-order valence-corrected chi connectivity index (χ3v) is 7.65. The molecule has 2 saturated heterocycles. The number of fused-ring (bicyclic) bond motifs is 1. The SMILES string of the molecule is O=C([C@@H]1C[C@H]1c1ccccc1F)N1C[C@@H]2CCN(C(=O)COCC3CCCC3)[C@@H]2C1. The van der Waals surface area contributed by atoms with Crippen LogP contribution in [0, 0.1) is 23.6 Å². The van der Waals surface area contributed by atoms with Crippen molar-refractivity contribution >= 4 is 11.8 Å². The first-order chi connectivity index (χ1) is 14.6. The summed E-state index contributed by atoms with van der Waals surface area (Å²) in [5, 5.41) is 0. The molecule has 2 saturated carbocycles. The molecule has 2 amide bonds. The highest BCUT2D eigenvalue weighted by Crippen LogP contribution is 2.50. The average Bonchev–Trinajstić information content (AvgIpc) is 3.08. The standard InChI is InChI=1S/C24H31FN2O3/c25-21-8-4-3-7-18(21)19-11-20(19)24(29)26-12-17-9-10-27(22(17)13-26)23(28)15-30-14-16-5-1-2-6-16/h3-4,7-8,16-17,19-20,22H,1-2,5-6,9-15H2/t17-,19-,20+,22+/m0/s1. The van der Waals surface area contributed by atoms with Gasteiger partial charge in [0.25, 0.3) is 0 Å². The first-order valence-corrected chi connectivity index (χ1v) is 11.5. The maximum atomic E-state index is 14.0. The Morgan fingerprint density at radius 1 is 1.10 bits per heavy atom. The molecule has 1 aromatic rings. The number of benzene rings is 1.